The smallest absolute Gasteiger partial charge is 0.308 e. The van der Waals surface area contributed by atoms with Crippen molar-refractivity contribution >= 4 is 11.9 Å². The second-order valence-electron chi connectivity index (χ2n) is 5.53. The third-order valence-corrected chi connectivity index (χ3v) is 4.36. The van der Waals surface area contributed by atoms with Crippen LogP contribution in [-0.4, -0.2) is 28.6 Å². The molecule has 1 amide bonds. The summed E-state index contributed by atoms with van der Waals surface area (Å²) in [4.78, 5) is 23.6. The van der Waals surface area contributed by atoms with Crippen molar-refractivity contribution in [1.82, 2.24) is 5.32 Å². The molecular formula is C14H26N2O3. The first-order chi connectivity index (χ1) is 8.94. The van der Waals surface area contributed by atoms with Crippen LogP contribution < -0.4 is 11.1 Å². The monoisotopic (exact) mass is 270 g/mol. The zero-order valence-electron chi connectivity index (χ0n) is 11.9. The molecule has 0 aliphatic heterocycles. The van der Waals surface area contributed by atoms with Crippen molar-refractivity contribution in [3.05, 3.63) is 0 Å². The summed E-state index contributed by atoms with van der Waals surface area (Å²) in [5, 5.41) is 12.2. The van der Waals surface area contributed by atoms with Crippen molar-refractivity contribution in [2.45, 2.75) is 70.4 Å². The van der Waals surface area contributed by atoms with Gasteiger partial charge in [-0.3, -0.25) is 9.59 Å². The van der Waals surface area contributed by atoms with Gasteiger partial charge in [0.15, 0.2) is 0 Å². The van der Waals surface area contributed by atoms with E-state index in [0.29, 0.717) is 19.3 Å². The Morgan fingerprint density at radius 2 is 1.79 bits per heavy atom. The fourth-order valence-corrected chi connectivity index (χ4v) is 2.66. The van der Waals surface area contributed by atoms with Gasteiger partial charge in [-0.15, -0.1) is 0 Å². The van der Waals surface area contributed by atoms with Gasteiger partial charge in [0.1, 0.15) is 0 Å². The number of carbonyl (C=O) groups excluding carboxylic acids is 1. The molecule has 0 spiro atoms. The lowest BCUT2D eigenvalue weighted by Gasteiger charge is -2.30. The molecule has 1 aliphatic carbocycles. The minimum atomic E-state index is -0.880. The molecule has 0 bridgehead atoms. The summed E-state index contributed by atoms with van der Waals surface area (Å²) in [5.41, 5.74) is 5.18. The van der Waals surface area contributed by atoms with E-state index in [-0.39, 0.29) is 11.9 Å². The van der Waals surface area contributed by atoms with E-state index in [1.807, 2.05) is 13.8 Å². The molecule has 0 heterocycles. The number of carboxylic acid groups (broad SMARTS) is 1. The average Bonchev–Trinajstić information content (AvgIpc) is 2.63. The summed E-state index contributed by atoms with van der Waals surface area (Å²) in [6.07, 6.45) is 5.39. The van der Waals surface area contributed by atoms with Gasteiger partial charge in [-0.1, -0.05) is 33.1 Å². The number of amides is 1. The molecule has 2 atom stereocenters. The first-order valence-electron chi connectivity index (χ1n) is 7.27. The molecule has 0 aromatic heterocycles. The van der Waals surface area contributed by atoms with Crippen LogP contribution in [0.1, 0.15) is 58.8 Å². The average molecular weight is 270 g/mol. The van der Waals surface area contributed by atoms with Crippen molar-refractivity contribution < 1.29 is 14.7 Å². The van der Waals surface area contributed by atoms with Crippen molar-refractivity contribution in [1.29, 1.82) is 0 Å². The number of nitrogens with one attached hydrogen (secondary N) is 1. The number of hydrogen-bond acceptors (Lipinski definition) is 3. The van der Waals surface area contributed by atoms with Crippen LogP contribution in [0.5, 0.6) is 0 Å². The van der Waals surface area contributed by atoms with Crippen LogP contribution in [0.15, 0.2) is 0 Å². The van der Waals surface area contributed by atoms with Gasteiger partial charge in [0.05, 0.1) is 11.5 Å². The Kier molecular flexibility index (Phi) is 5.79. The Morgan fingerprint density at radius 3 is 2.32 bits per heavy atom. The van der Waals surface area contributed by atoms with E-state index in [2.05, 4.69) is 5.32 Å². The molecule has 0 saturated heterocycles. The Balaban J connectivity index is 2.76. The predicted molar refractivity (Wildman–Crippen MR) is 73.6 cm³/mol. The number of nitrogens with two attached hydrogens (primary N) is 1. The second-order valence-corrected chi connectivity index (χ2v) is 5.53. The van der Waals surface area contributed by atoms with Gasteiger partial charge in [-0.05, 0) is 25.7 Å². The van der Waals surface area contributed by atoms with Crippen LogP contribution in [0.25, 0.3) is 0 Å². The molecule has 1 saturated carbocycles. The van der Waals surface area contributed by atoms with Gasteiger partial charge in [0.2, 0.25) is 5.91 Å². The van der Waals surface area contributed by atoms with Crippen LogP contribution in [0.2, 0.25) is 0 Å². The Hall–Kier alpha value is -1.10. The van der Waals surface area contributed by atoms with E-state index in [4.69, 9.17) is 5.73 Å². The van der Waals surface area contributed by atoms with Crippen LogP contribution >= 0.6 is 0 Å². The summed E-state index contributed by atoms with van der Waals surface area (Å²) in [6, 6.07) is -0.284. The Labute approximate surface area is 114 Å². The second kappa shape index (κ2) is 6.89. The summed E-state index contributed by atoms with van der Waals surface area (Å²) in [6.45, 7) is 3.76. The number of aliphatic carboxylic acids is 1. The maximum atomic E-state index is 12.2. The highest BCUT2D eigenvalue weighted by atomic mass is 16.4. The third-order valence-electron chi connectivity index (χ3n) is 4.36. The van der Waals surface area contributed by atoms with E-state index in [1.165, 1.54) is 0 Å². The number of hydrogen-bond donors (Lipinski definition) is 3. The van der Waals surface area contributed by atoms with Crippen molar-refractivity contribution in [2.75, 3.05) is 0 Å². The maximum Gasteiger partial charge on any atom is 0.308 e. The molecule has 19 heavy (non-hydrogen) atoms. The summed E-state index contributed by atoms with van der Waals surface area (Å²) in [7, 11) is 0. The molecule has 1 aliphatic rings. The predicted octanol–water partition coefficient (Wildman–Crippen LogP) is 1.65. The zero-order chi connectivity index (χ0) is 14.5. The Bertz CT molecular complexity index is 327. The first-order valence-corrected chi connectivity index (χ1v) is 7.27. The molecule has 2 unspecified atom stereocenters. The number of carboxylic acids is 1. The molecule has 5 heteroatoms. The summed E-state index contributed by atoms with van der Waals surface area (Å²) in [5.74, 6) is -1.51. The van der Waals surface area contributed by atoms with Gasteiger partial charge in [0, 0.05) is 6.04 Å². The molecule has 0 radical (unpaired) electrons. The molecule has 1 fully saturated rings. The highest BCUT2D eigenvalue weighted by Gasteiger charge is 2.36. The van der Waals surface area contributed by atoms with Gasteiger partial charge in [-0.2, -0.15) is 0 Å². The van der Waals surface area contributed by atoms with Crippen molar-refractivity contribution in [2.24, 2.45) is 11.7 Å². The molecule has 0 aromatic rings. The minimum absolute atomic E-state index is 0.212. The van der Waals surface area contributed by atoms with Gasteiger partial charge >= 0.3 is 5.97 Å². The molecule has 5 nitrogen and oxygen atoms in total. The van der Waals surface area contributed by atoms with Gasteiger partial charge < -0.3 is 16.2 Å². The maximum absolute atomic E-state index is 12.2. The topological polar surface area (TPSA) is 92.4 Å². The van der Waals surface area contributed by atoms with Crippen molar-refractivity contribution in [3.63, 3.8) is 0 Å². The molecular weight excluding hydrogens is 244 g/mol. The SMILES string of the molecule is CCC(N)(CC)C(=O)NC1CCCCCC1C(=O)O. The quantitative estimate of drug-likeness (QED) is 0.662. The standard InChI is InChI=1S/C14H26N2O3/c1-3-14(15,4-2)13(19)16-11-9-7-5-6-8-10(11)12(17)18/h10-11H,3-9,15H2,1-2H3,(H,16,19)(H,17,18). The van der Waals surface area contributed by atoms with Gasteiger partial charge in [0.25, 0.3) is 0 Å². The lowest BCUT2D eigenvalue weighted by atomic mass is 9.90. The van der Waals surface area contributed by atoms with E-state index in [1.54, 1.807) is 0 Å². The normalized spacial score (nSPS) is 24.6. The largest absolute Gasteiger partial charge is 0.481 e. The van der Waals surface area contributed by atoms with Crippen LogP contribution in [0.3, 0.4) is 0 Å². The molecule has 4 N–H and O–H groups in total. The first kappa shape index (κ1) is 16.0. The fourth-order valence-electron chi connectivity index (χ4n) is 2.66. The molecule has 110 valence electrons. The van der Waals surface area contributed by atoms with Crippen LogP contribution in [0.4, 0.5) is 0 Å². The lowest BCUT2D eigenvalue weighted by molar-refractivity contribution is -0.143. The van der Waals surface area contributed by atoms with E-state index >= 15 is 0 Å². The summed E-state index contributed by atoms with van der Waals surface area (Å²) >= 11 is 0. The molecule has 0 aromatic carbocycles. The van der Waals surface area contributed by atoms with Crippen LogP contribution in [-0.2, 0) is 9.59 Å². The van der Waals surface area contributed by atoms with E-state index in [9.17, 15) is 14.7 Å². The zero-order valence-corrected chi connectivity index (χ0v) is 11.9. The van der Waals surface area contributed by atoms with Gasteiger partial charge in [-0.25, -0.2) is 0 Å². The van der Waals surface area contributed by atoms with E-state index in [0.717, 1.165) is 25.7 Å². The lowest BCUT2D eigenvalue weighted by Crippen LogP contribution is -2.57. The molecule has 1 rings (SSSR count). The van der Waals surface area contributed by atoms with Crippen molar-refractivity contribution in [3.8, 4) is 0 Å². The Morgan fingerprint density at radius 1 is 1.21 bits per heavy atom. The number of rotatable bonds is 5. The summed E-state index contributed by atoms with van der Waals surface area (Å²) < 4.78 is 0. The highest BCUT2D eigenvalue weighted by molar-refractivity contribution is 5.86. The van der Waals surface area contributed by atoms with E-state index < -0.39 is 17.4 Å². The minimum Gasteiger partial charge on any atom is -0.481 e. The number of carbonyl (C=O) groups is 2. The highest BCUT2D eigenvalue weighted by Crippen LogP contribution is 2.24. The fraction of sp³-hybridized carbons (Fsp3) is 0.857. The van der Waals surface area contributed by atoms with Crippen LogP contribution in [0, 0.1) is 5.92 Å². The third kappa shape index (κ3) is 3.93.